The number of amides is 2. The molecule has 134 valence electrons. The molecule has 0 radical (unpaired) electrons. The van der Waals surface area contributed by atoms with Gasteiger partial charge in [0, 0.05) is 25.2 Å². The normalized spacial score (nSPS) is 18.0. The number of benzene rings is 1. The summed E-state index contributed by atoms with van der Waals surface area (Å²) in [6, 6.07) is 12.6. The Morgan fingerprint density at radius 3 is 2.88 bits per heavy atom. The predicted octanol–water partition coefficient (Wildman–Crippen LogP) is 2.84. The van der Waals surface area contributed by atoms with Crippen LogP contribution in [-0.2, 0) is 13.1 Å². The molecule has 3 rings (SSSR count). The van der Waals surface area contributed by atoms with E-state index in [2.05, 4.69) is 45.0 Å². The Bertz CT molecular complexity index is 671. The van der Waals surface area contributed by atoms with Gasteiger partial charge in [0.15, 0.2) is 0 Å². The molecule has 2 aromatic rings. The van der Waals surface area contributed by atoms with E-state index in [-0.39, 0.29) is 6.03 Å². The number of likely N-dealkylation sites (tertiary alicyclic amines) is 1. The van der Waals surface area contributed by atoms with Crippen LogP contribution >= 0.6 is 0 Å². The van der Waals surface area contributed by atoms with Gasteiger partial charge in [0.2, 0.25) is 0 Å². The van der Waals surface area contributed by atoms with Crippen LogP contribution in [0.15, 0.2) is 40.9 Å². The minimum absolute atomic E-state index is 0.161. The summed E-state index contributed by atoms with van der Waals surface area (Å²) in [5, 5.41) is 9.69. The summed E-state index contributed by atoms with van der Waals surface area (Å²) in [6.45, 7) is 4.90. The average molecular weight is 342 g/mol. The molecule has 0 unspecified atom stereocenters. The van der Waals surface area contributed by atoms with Gasteiger partial charge in [-0.3, -0.25) is 4.90 Å². The first kappa shape index (κ1) is 17.5. The number of carbonyl (C=O) groups excluding carboxylic acids is 1. The minimum atomic E-state index is -0.161. The van der Waals surface area contributed by atoms with Gasteiger partial charge in [-0.25, -0.2) is 4.79 Å². The summed E-state index contributed by atoms with van der Waals surface area (Å²) < 4.78 is 4.99. The van der Waals surface area contributed by atoms with Gasteiger partial charge in [-0.2, -0.15) is 0 Å². The van der Waals surface area contributed by atoms with Crippen molar-refractivity contribution in [3.8, 4) is 0 Å². The predicted molar refractivity (Wildman–Crippen MR) is 96.0 cm³/mol. The van der Waals surface area contributed by atoms with Gasteiger partial charge in [-0.1, -0.05) is 41.9 Å². The standard InChI is InChI=1S/C19H26N4O2/c1-15-11-17(22-25-15)12-20-19(24)21-13-18-9-5-6-10-23(18)14-16-7-3-2-4-8-16/h2-4,7-8,11,18H,5-6,9-10,12-14H2,1H3,(H2,20,21,24)/t18-/m1/s1. The van der Waals surface area contributed by atoms with Crippen molar-refractivity contribution in [2.45, 2.75) is 45.3 Å². The lowest BCUT2D eigenvalue weighted by Gasteiger charge is -2.35. The fraction of sp³-hybridized carbons (Fsp3) is 0.474. The van der Waals surface area contributed by atoms with Crippen molar-refractivity contribution in [1.29, 1.82) is 0 Å². The highest BCUT2D eigenvalue weighted by atomic mass is 16.5. The molecular weight excluding hydrogens is 316 g/mol. The maximum Gasteiger partial charge on any atom is 0.315 e. The summed E-state index contributed by atoms with van der Waals surface area (Å²) >= 11 is 0. The zero-order chi connectivity index (χ0) is 17.5. The van der Waals surface area contributed by atoms with Crippen molar-refractivity contribution >= 4 is 6.03 Å². The van der Waals surface area contributed by atoms with Gasteiger partial charge in [-0.15, -0.1) is 0 Å². The Hall–Kier alpha value is -2.34. The highest BCUT2D eigenvalue weighted by Gasteiger charge is 2.22. The molecule has 25 heavy (non-hydrogen) atoms. The zero-order valence-electron chi connectivity index (χ0n) is 14.7. The number of aryl methyl sites for hydroxylation is 1. The molecule has 1 atom stereocenters. The Balaban J connectivity index is 1.45. The van der Waals surface area contributed by atoms with E-state index in [1.807, 2.05) is 19.1 Å². The summed E-state index contributed by atoms with van der Waals surface area (Å²) in [5.41, 5.74) is 2.05. The number of hydrogen-bond acceptors (Lipinski definition) is 4. The molecule has 6 nitrogen and oxygen atoms in total. The molecule has 1 aromatic carbocycles. The Morgan fingerprint density at radius 2 is 2.12 bits per heavy atom. The van der Waals surface area contributed by atoms with Crippen LogP contribution in [-0.4, -0.2) is 35.2 Å². The van der Waals surface area contributed by atoms with E-state index in [0.29, 0.717) is 19.1 Å². The van der Waals surface area contributed by atoms with Gasteiger partial charge in [0.05, 0.1) is 6.54 Å². The fourth-order valence-electron chi connectivity index (χ4n) is 3.26. The maximum atomic E-state index is 12.0. The zero-order valence-corrected chi connectivity index (χ0v) is 14.7. The van der Waals surface area contributed by atoms with Crippen LogP contribution in [0.2, 0.25) is 0 Å². The molecule has 1 aliphatic heterocycles. The third-order valence-corrected chi connectivity index (χ3v) is 4.58. The van der Waals surface area contributed by atoms with Crippen LogP contribution in [0, 0.1) is 6.92 Å². The van der Waals surface area contributed by atoms with E-state index in [1.54, 1.807) is 0 Å². The molecule has 1 fully saturated rings. The number of carbonyl (C=O) groups is 1. The molecule has 1 saturated heterocycles. The van der Waals surface area contributed by atoms with E-state index >= 15 is 0 Å². The third kappa shape index (κ3) is 5.32. The number of nitrogens with one attached hydrogen (secondary N) is 2. The van der Waals surface area contributed by atoms with Gasteiger partial charge in [-0.05, 0) is 31.9 Å². The first-order valence-electron chi connectivity index (χ1n) is 8.92. The van der Waals surface area contributed by atoms with Crippen molar-refractivity contribution in [3.63, 3.8) is 0 Å². The molecule has 6 heteroatoms. The third-order valence-electron chi connectivity index (χ3n) is 4.58. The number of rotatable bonds is 6. The van der Waals surface area contributed by atoms with Crippen molar-refractivity contribution in [2.24, 2.45) is 0 Å². The first-order chi connectivity index (χ1) is 12.2. The number of piperidine rings is 1. The van der Waals surface area contributed by atoms with Crippen LogP contribution in [0.25, 0.3) is 0 Å². The van der Waals surface area contributed by atoms with E-state index in [9.17, 15) is 4.79 Å². The Kier molecular flexibility index (Phi) is 6.06. The summed E-state index contributed by atoms with van der Waals surface area (Å²) in [6.07, 6.45) is 3.56. The van der Waals surface area contributed by atoms with Crippen molar-refractivity contribution in [3.05, 3.63) is 53.4 Å². The number of nitrogens with zero attached hydrogens (tertiary/aromatic N) is 2. The first-order valence-corrected chi connectivity index (χ1v) is 8.92. The average Bonchev–Trinajstić information content (AvgIpc) is 3.05. The summed E-state index contributed by atoms with van der Waals surface area (Å²) in [4.78, 5) is 14.5. The molecule has 1 aliphatic rings. The molecule has 0 saturated carbocycles. The molecular formula is C19H26N4O2. The number of urea groups is 1. The van der Waals surface area contributed by atoms with E-state index < -0.39 is 0 Å². The van der Waals surface area contributed by atoms with Crippen LogP contribution in [0.1, 0.15) is 36.3 Å². The fourth-order valence-corrected chi connectivity index (χ4v) is 3.26. The molecule has 2 amide bonds. The SMILES string of the molecule is Cc1cc(CNC(=O)NC[C@H]2CCCCN2Cc2ccccc2)no1. The van der Waals surface area contributed by atoms with Crippen LogP contribution in [0.3, 0.4) is 0 Å². The van der Waals surface area contributed by atoms with Crippen molar-refractivity contribution in [2.75, 3.05) is 13.1 Å². The number of aromatic nitrogens is 1. The Labute approximate surface area is 148 Å². The van der Waals surface area contributed by atoms with Crippen molar-refractivity contribution in [1.82, 2.24) is 20.7 Å². The topological polar surface area (TPSA) is 70.4 Å². The molecule has 2 N–H and O–H groups in total. The van der Waals surface area contributed by atoms with E-state index in [4.69, 9.17) is 4.52 Å². The van der Waals surface area contributed by atoms with Crippen LogP contribution < -0.4 is 10.6 Å². The van der Waals surface area contributed by atoms with E-state index in [1.165, 1.54) is 18.4 Å². The van der Waals surface area contributed by atoms with Gasteiger partial charge < -0.3 is 15.2 Å². The maximum absolute atomic E-state index is 12.0. The molecule has 0 bridgehead atoms. The highest BCUT2D eigenvalue weighted by Crippen LogP contribution is 2.19. The summed E-state index contributed by atoms with van der Waals surface area (Å²) in [5.74, 6) is 0.746. The largest absolute Gasteiger partial charge is 0.361 e. The second-order valence-electron chi connectivity index (χ2n) is 6.60. The Morgan fingerprint density at radius 1 is 1.28 bits per heavy atom. The highest BCUT2D eigenvalue weighted by molar-refractivity contribution is 5.73. The quantitative estimate of drug-likeness (QED) is 0.847. The van der Waals surface area contributed by atoms with Crippen LogP contribution in [0.5, 0.6) is 0 Å². The van der Waals surface area contributed by atoms with Gasteiger partial charge >= 0.3 is 6.03 Å². The summed E-state index contributed by atoms with van der Waals surface area (Å²) in [7, 11) is 0. The smallest absolute Gasteiger partial charge is 0.315 e. The lowest BCUT2D eigenvalue weighted by molar-refractivity contribution is 0.138. The van der Waals surface area contributed by atoms with Crippen LogP contribution in [0.4, 0.5) is 4.79 Å². The van der Waals surface area contributed by atoms with E-state index in [0.717, 1.165) is 31.0 Å². The van der Waals surface area contributed by atoms with Gasteiger partial charge in [0.25, 0.3) is 0 Å². The molecule has 2 heterocycles. The molecule has 1 aromatic heterocycles. The van der Waals surface area contributed by atoms with Crippen molar-refractivity contribution < 1.29 is 9.32 Å². The molecule has 0 spiro atoms. The number of hydrogen-bond donors (Lipinski definition) is 2. The second-order valence-corrected chi connectivity index (χ2v) is 6.60. The lowest BCUT2D eigenvalue weighted by atomic mass is 10.0. The molecule has 0 aliphatic carbocycles. The second kappa shape index (κ2) is 8.67. The van der Waals surface area contributed by atoms with Gasteiger partial charge in [0.1, 0.15) is 11.5 Å². The monoisotopic (exact) mass is 342 g/mol. The minimum Gasteiger partial charge on any atom is -0.361 e. The lowest BCUT2D eigenvalue weighted by Crippen LogP contribution is -2.48.